The van der Waals surface area contributed by atoms with Crippen LogP contribution in [0.4, 0.5) is 10.8 Å². The van der Waals surface area contributed by atoms with Crippen molar-refractivity contribution in [2.24, 2.45) is 0 Å². The van der Waals surface area contributed by atoms with E-state index in [0.717, 1.165) is 10.7 Å². The highest BCUT2D eigenvalue weighted by molar-refractivity contribution is 7.11. The van der Waals surface area contributed by atoms with Gasteiger partial charge in [0.1, 0.15) is 0 Å². The van der Waals surface area contributed by atoms with Crippen molar-refractivity contribution in [3.8, 4) is 5.75 Å². The van der Waals surface area contributed by atoms with Crippen LogP contribution < -0.4 is 15.8 Å². The molecule has 0 saturated carbocycles. The van der Waals surface area contributed by atoms with Gasteiger partial charge in [-0.2, -0.15) is 9.47 Å². The molecule has 0 saturated heterocycles. The van der Waals surface area contributed by atoms with Gasteiger partial charge in [0.2, 0.25) is 0 Å². The van der Waals surface area contributed by atoms with Gasteiger partial charge >= 0.3 is 0 Å². The number of hydrogen-bond acceptors (Lipinski definition) is 6. The van der Waals surface area contributed by atoms with Crippen molar-refractivity contribution >= 4 is 22.4 Å². The molecule has 2 aromatic rings. The zero-order chi connectivity index (χ0) is 11.4. The zero-order valence-corrected chi connectivity index (χ0v) is 9.67. The van der Waals surface area contributed by atoms with Crippen molar-refractivity contribution < 1.29 is 4.74 Å². The van der Waals surface area contributed by atoms with E-state index in [-0.39, 0.29) is 0 Å². The summed E-state index contributed by atoms with van der Waals surface area (Å²) in [7, 11) is 0. The molecule has 2 heterocycles. The Bertz CT molecular complexity index is 439. The van der Waals surface area contributed by atoms with Gasteiger partial charge in [0.25, 0.3) is 0 Å². The van der Waals surface area contributed by atoms with E-state index in [1.807, 2.05) is 13.0 Å². The second kappa shape index (κ2) is 4.84. The van der Waals surface area contributed by atoms with Gasteiger partial charge in [-0.05, 0) is 24.5 Å². The SMILES string of the molecule is CCOc1c(N)nsc1NCc1ccn[nH]1. The number of hydrogen-bond donors (Lipinski definition) is 3. The monoisotopic (exact) mass is 239 g/mol. The third-order valence-electron chi connectivity index (χ3n) is 1.96. The molecule has 0 bridgehead atoms. The molecule has 4 N–H and O–H groups in total. The Morgan fingerprint density at radius 1 is 1.62 bits per heavy atom. The fourth-order valence-electron chi connectivity index (χ4n) is 1.25. The molecule has 6 nitrogen and oxygen atoms in total. The van der Waals surface area contributed by atoms with E-state index in [4.69, 9.17) is 10.5 Å². The first-order chi connectivity index (χ1) is 7.81. The molecule has 2 aromatic heterocycles. The maximum absolute atomic E-state index is 5.69. The second-order valence-electron chi connectivity index (χ2n) is 3.09. The number of aromatic nitrogens is 3. The molecular formula is C9H13N5OS. The lowest BCUT2D eigenvalue weighted by Gasteiger charge is -2.06. The number of aromatic amines is 1. The van der Waals surface area contributed by atoms with Crippen LogP contribution in [0.1, 0.15) is 12.6 Å². The van der Waals surface area contributed by atoms with Gasteiger partial charge in [-0.15, -0.1) is 0 Å². The lowest BCUT2D eigenvalue weighted by Crippen LogP contribution is -2.02. The highest BCUT2D eigenvalue weighted by Gasteiger charge is 2.12. The number of rotatable bonds is 5. The molecule has 0 atom stereocenters. The van der Waals surface area contributed by atoms with Crippen LogP contribution in [0.2, 0.25) is 0 Å². The predicted molar refractivity (Wildman–Crippen MR) is 63.6 cm³/mol. The molecule has 0 amide bonds. The molecule has 16 heavy (non-hydrogen) atoms. The maximum atomic E-state index is 5.69. The lowest BCUT2D eigenvalue weighted by atomic mass is 10.4. The van der Waals surface area contributed by atoms with Crippen LogP contribution in [0.3, 0.4) is 0 Å². The van der Waals surface area contributed by atoms with E-state index < -0.39 is 0 Å². The zero-order valence-electron chi connectivity index (χ0n) is 8.86. The topological polar surface area (TPSA) is 88.8 Å². The highest BCUT2D eigenvalue weighted by Crippen LogP contribution is 2.35. The first kappa shape index (κ1) is 10.7. The first-order valence-electron chi connectivity index (χ1n) is 4.91. The molecule has 0 unspecified atom stereocenters. The van der Waals surface area contributed by atoms with E-state index in [9.17, 15) is 0 Å². The number of nitrogen functional groups attached to an aromatic ring is 1. The first-order valence-corrected chi connectivity index (χ1v) is 5.68. The third-order valence-corrected chi connectivity index (χ3v) is 2.76. The van der Waals surface area contributed by atoms with E-state index >= 15 is 0 Å². The Hall–Kier alpha value is -1.76. The average molecular weight is 239 g/mol. The number of nitrogens with one attached hydrogen (secondary N) is 2. The van der Waals surface area contributed by atoms with E-state index in [2.05, 4.69) is 19.9 Å². The van der Waals surface area contributed by atoms with Crippen LogP contribution in [0.15, 0.2) is 12.3 Å². The van der Waals surface area contributed by atoms with Crippen molar-refractivity contribution in [2.75, 3.05) is 17.7 Å². The summed E-state index contributed by atoms with van der Waals surface area (Å²) in [6, 6.07) is 1.90. The molecule has 0 aliphatic heterocycles. The van der Waals surface area contributed by atoms with Gasteiger partial charge in [0, 0.05) is 6.20 Å². The maximum Gasteiger partial charge on any atom is 0.197 e. The minimum atomic E-state index is 0.430. The number of nitrogens with zero attached hydrogens (tertiary/aromatic N) is 2. The van der Waals surface area contributed by atoms with Crippen LogP contribution in [-0.4, -0.2) is 21.2 Å². The summed E-state index contributed by atoms with van der Waals surface area (Å²) >= 11 is 1.29. The Labute approximate surface area is 97.0 Å². The summed E-state index contributed by atoms with van der Waals surface area (Å²) in [5.74, 6) is 1.06. The molecule has 0 fully saturated rings. The number of H-pyrrole nitrogens is 1. The standard InChI is InChI=1S/C9H13N5OS/c1-2-15-7-8(10)14-16-9(7)11-5-6-3-4-12-13-6/h3-4,11H,2,5H2,1H3,(H2,10,14)(H,12,13). The van der Waals surface area contributed by atoms with Gasteiger partial charge in [-0.25, -0.2) is 0 Å². The van der Waals surface area contributed by atoms with Crippen molar-refractivity contribution in [2.45, 2.75) is 13.5 Å². The molecule has 0 aliphatic carbocycles. The predicted octanol–water partition coefficient (Wildman–Crippen LogP) is 1.46. The fourth-order valence-corrected chi connectivity index (χ4v) is 1.90. The van der Waals surface area contributed by atoms with Crippen molar-refractivity contribution in [1.29, 1.82) is 0 Å². The highest BCUT2D eigenvalue weighted by atomic mass is 32.1. The summed E-state index contributed by atoms with van der Waals surface area (Å²) < 4.78 is 9.45. The summed E-state index contributed by atoms with van der Waals surface area (Å²) in [4.78, 5) is 0. The number of nitrogens with two attached hydrogens (primary N) is 1. The van der Waals surface area contributed by atoms with Crippen molar-refractivity contribution in [1.82, 2.24) is 14.6 Å². The Morgan fingerprint density at radius 2 is 2.50 bits per heavy atom. The van der Waals surface area contributed by atoms with Crippen molar-refractivity contribution in [3.05, 3.63) is 18.0 Å². The number of anilines is 2. The summed E-state index contributed by atoms with van der Waals surface area (Å²) in [5, 5.41) is 10.8. The Balaban J connectivity index is 2.03. The fraction of sp³-hybridized carbons (Fsp3) is 0.333. The molecule has 0 aromatic carbocycles. The van der Waals surface area contributed by atoms with E-state index in [0.29, 0.717) is 24.7 Å². The van der Waals surface area contributed by atoms with Crippen LogP contribution in [0, 0.1) is 0 Å². The second-order valence-corrected chi connectivity index (χ2v) is 3.87. The molecule has 2 rings (SSSR count). The van der Waals surface area contributed by atoms with Gasteiger partial charge in [-0.1, -0.05) is 0 Å². The normalized spacial score (nSPS) is 10.3. The molecule has 7 heteroatoms. The van der Waals surface area contributed by atoms with Crippen LogP contribution >= 0.6 is 11.5 Å². The van der Waals surface area contributed by atoms with Gasteiger partial charge in [0.15, 0.2) is 16.6 Å². The average Bonchev–Trinajstić information content (AvgIpc) is 2.89. The van der Waals surface area contributed by atoms with Crippen LogP contribution in [-0.2, 0) is 6.54 Å². The molecular weight excluding hydrogens is 226 g/mol. The van der Waals surface area contributed by atoms with Crippen molar-refractivity contribution in [3.63, 3.8) is 0 Å². The minimum absolute atomic E-state index is 0.430. The van der Waals surface area contributed by atoms with Gasteiger partial charge in [-0.3, -0.25) is 5.10 Å². The Kier molecular flexibility index (Phi) is 3.25. The van der Waals surface area contributed by atoms with Crippen LogP contribution in [0.5, 0.6) is 5.75 Å². The molecule has 0 aliphatic rings. The quantitative estimate of drug-likeness (QED) is 0.735. The molecule has 0 spiro atoms. The third kappa shape index (κ3) is 2.25. The minimum Gasteiger partial charge on any atom is -0.487 e. The lowest BCUT2D eigenvalue weighted by molar-refractivity contribution is 0.344. The summed E-state index contributed by atoms with van der Waals surface area (Å²) in [5.41, 5.74) is 6.69. The number of ether oxygens (including phenoxy) is 1. The molecule has 86 valence electrons. The van der Waals surface area contributed by atoms with E-state index in [1.54, 1.807) is 6.20 Å². The summed E-state index contributed by atoms with van der Waals surface area (Å²) in [6.45, 7) is 3.12. The van der Waals surface area contributed by atoms with Gasteiger partial charge < -0.3 is 15.8 Å². The largest absolute Gasteiger partial charge is 0.487 e. The van der Waals surface area contributed by atoms with E-state index in [1.165, 1.54) is 11.5 Å². The van der Waals surface area contributed by atoms with Crippen LogP contribution in [0.25, 0.3) is 0 Å². The Morgan fingerprint density at radius 3 is 3.19 bits per heavy atom. The summed E-state index contributed by atoms with van der Waals surface area (Å²) in [6.07, 6.45) is 1.71. The van der Waals surface area contributed by atoms with Gasteiger partial charge in [0.05, 0.1) is 18.8 Å². The smallest absolute Gasteiger partial charge is 0.197 e. The molecule has 0 radical (unpaired) electrons.